The van der Waals surface area contributed by atoms with Gasteiger partial charge in [-0.25, -0.2) is 0 Å². The van der Waals surface area contributed by atoms with E-state index in [0.717, 1.165) is 18.1 Å². The molecule has 2 rings (SSSR count). The Labute approximate surface area is 89.0 Å². The second kappa shape index (κ2) is 4.13. The molecule has 0 atom stereocenters. The van der Waals surface area contributed by atoms with Crippen molar-refractivity contribution in [2.45, 2.75) is 13.5 Å². The molecule has 2 aromatic heterocycles. The number of hydrogen-bond donors (Lipinski definition) is 1. The predicted octanol–water partition coefficient (Wildman–Crippen LogP) is 1.74. The maximum atomic E-state index is 4.32. The van der Waals surface area contributed by atoms with Gasteiger partial charge in [0.1, 0.15) is 5.82 Å². The van der Waals surface area contributed by atoms with Crippen LogP contribution in [-0.4, -0.2) is 14.8 Å². The van der Waals surface area contributed by atoms with Crippen LogP contribution in [0.15, 0.2) is 30.6 Å². The molecule has 2 aromatic rings. The molecule has 0 aliphatic rings. The minimum Gasteiger partial charge on any atom is -0.365 e. The van der Waals surface area contributed by atoms with Crippen molar-refractivity contribution in [1.29, 1.82) is 0 Å². The number of nitrogens with one attached hydrogen (secondary N) is 1. The Kier molecular flexibility index (Phi) is 2.67. The van der Waals surface area contributed by atoms with E-state index in [1.807, 2.05) is 25.4 Å². The Morgan fingerprint density at radius 1 is 1.33 bits per heavy atom. The van der Waals surface area contributed by atoms with Crippen LogP contribution in [0, 0.1) is 6.92 Å². The van der Waals surface area contributed by atoms with Gasteiger partial charge in [0, 0.05) is 19.3 Å². The zero-order valence-corrected chi connectivity index (χ0v) is 8.94. The van der Waals surface area contributed by atoms with Gasteiger partial charge >= 0.3 is 0 Å². The van der Waals surface area contributed by atoms with Gasteiger partial charge in [0.2, 0.25) is 0 Å². The zero-order chi connectivity index (χ0) is 10.7. The summed E-state index contributed by atoms with van der Waals surface area (Å²) in [5.41, 5.74) is 2.27. The van der Waals surface area contributed by atoms with E-state index in [1.54, 1.807) is 10.9 Å². The largest absolute Gasteiger partial charge is 0.365 e. The first-order valence-electron chi connectivity index (χ1n) is 4.90. The van der Waals surface area contributed by atoms with Crippen LogP contribution in [0.2, 0.25) is 0 Å². The maximum absolute atomic E-state index is 4.32. The summed E-state index contributed by atoms with van der Waals surface area (Å²) in [7, 11) is 1.91. The predicted molar refractivity (Wildman–Crippen MR) is 59.5 cm³/mol. The van der Waals surface area contributed by atoms with Crippen molar-refractivity contribution in [3.63, 3.8) is 0 Å². The van der Waals surface area contributed by atoms with E-state index in [-0.39, 0.29) is 0 Å². The molecule has 0 unspecified atom stereocenters. The van der Waals surface area contributed by atoms with Crippen LogP contribution in [0.3, 0.4) is 0 Å². The Morgan fingerprint density at radius 2 is 2.20 bits per heavy atom. The fraction of sp³-hybridized carbons (Fsp3) is 0.273. The Balaban J connectivity index is 2.06. The average molecular weight is 202 g/mol. The van der Waals surface area contributed by atoms with Gasteiger partial charge in [0.05, 0.1) is 18.4 Å². The highest BCUT2D eigenvalue weighted by Crippen LogP contribution is 2.08. The molecule has 0 aromatic carbocycles. The molecule has 2 heterocycles. The van der Waals surface area contributed by atoms with E-state index in [4.69, 9.17) is 0 Å². The Hall–Kier alpha value is -1.84. The molecule has 0 aliphatic carbocycles. The third kappa shape index (κ3) is 2.15. The van der Waals surface area contributed by atoms with Gasteiger partial charge in [-0.05, 0) is 18.6 Å². The summed E-state index contributed by atoms with van der Waals surface area (Å²) in [6.45, 7) is 2.79. The Bertz CT molecular complexity index is 447. The van der Waals surface area contributed by atoms with Gasteiger partial charge in [-0.1, -0.05) is 6.07 Å². The van der Waals surface area contributed by atoms with Gasteiger partial charge in [-0.2, -0.15) is 5.10 Å². The standard InChI is InChI=1S/C11H14N4/c1-9-4-3-6-12-10(9)8-13-11-5-7-14-15(11)2/h3-7,13H,8H2,1-2H3. The number of hydrogen-bond acceptors (Lipinski definition) is 3. The fourth-order valence-electron chi connectivity index (χ4n) is 1.43. The minimum absolute atomic E-state index is 0.728. The quantitative estimate of drug-likeness (QED) is 0.824. The third-order valence-electron chi connectivity index (χ3n) is 2.38. The molecular formula is C11H14N4. The lowest BCUT2D eigenvalue weighted by atomic mass is 10.2. The number of aryl methyl sites for hydroxylation is 2. The summed E-state index contributed by atoms with van der Waals surface area (Å²) >= 11 is 0. The first-order valence-corrected chi connectivity index (χ1v) is 4.90. The van der Waals surface area contributed by atoms with Gasteiger partial charge in [-0.15, -0.1) is 0 Å². The number of rotatable bonds is 3. The lowest BCUT2D eigenvalue weighted by Gasteiger charge is -2.07. The molecule has 15 heavy (non-hydrogen) atoms. The molecule has 0 saturated carbocycles. The molecule has 0 aliphatic heterocycles. The van der Waals surface area contributed by atoms with Gasteiger partial charge in [-0.3, -0.25) is 9.67 Å². The van der Waals surface area contributed by atoms with Crippen molar-refractivity contribution < 1.29 is 0 Å². The summed E-state index contributed by atoms with van der Waals surface area (Å²) in [4.78, 5) is 4.32. The van der Waals surface area contributed by atoms with E-state index in [1.165, 1.54) is 5.56 Å². The van der Waals surface area contributed by atoms with Crippen molar-refractivity contribution in [3.8, 4) is 0 Å². The van der Waals surface area contributed by atoms with E-state index < -0.39 is 0 Å². The molecule has 0 fully saturated rings. The zero-order valence-electron chi connectivity index (χ0n) is 8.94. The van der Waals surface area contributed by atoms with Crippen molar-refractivity contribution >= 4 is 5.82 Å². The van der Waals surface area contributed by atoms with Crippen molar-refractivity contribution in [2.75, 3.05) is 5.32 Å². The number of aromatic nitrogens is 3. The average Bonchev–Trinajstić information content (AvgIpc) is 2.63. The lowest BCUT2D eigenvalue weighted by Crippen LogP contribution is -2.06. The van der Waals surface area contributed by atoms with Crippen LogP contribution >= 0.6 is 0 Å². The van der Waals surface area contributed by atoms with E-state index in [0.29, 0.717) is 0 Å². The first kappa shape index (κ1) is 9.71. The summed E-state index contributed by atoms with van der Waals surface area (Å²) in [5, 5.41) is 7.37. The van der Waals surface area contributed by atoms with Crippen LogP contribution in [0.25, 0.3) is 0 Å². The molecule has 1 N–H and O–H groups in total. The Morgan fingerprint density at radius 3 is 2.87 bits per heavy atom. The number of nitrogens with zero attached hydrogens (tertiary/aromatic N) is 3. The molecule has 78 valence electrons. The molecule has 0 spiro atoms. The summed E-state index contributed by atoms with van der Waals surface area (Å²) in [6.07, 6.45) is 3.58. The van der Waals surface area contributed by atoms with Crippen LogP contribution in [0.1, 0.15) is 11.3 Å². The van der Waals surface area contributed by atoms with E-state index in [9.17, 15) is 0 Å². The number of anilines is 1. The lowest BCUT2D eigenvalue weighted by molar-refractivity contribution is 0.767. The SMILES string of the molecule is Cc1cccnc1CNc1ccnn1C. The normalized spacial score (nSPS) is 10.3. The highest BCUT2D eigenvalue weighted by molar-refractivity contribution is 5.35. The maximum Gasteiger partial charge on any atom is 0.124 e. The van der Waals surface area contributed by atoms with Crippen LogP contribution in [0.5, 0.6) is 0 Å². The minimum atomic E-state index is 0.728. The third-order valence-corrected chi connectivity index (χ3v) is 2.38. The smallest absolute Gasteiger partial charge is 0.124 e. The fourth-order valence-corrected chi connectivity index (χ4v) is 1.43. The van der Waals surface area contributed by atoms with E-state index >= 15 is 0 Å². The van der Waals surface area contributed by atoms with Gasteiger partial charge in [0.15, 0.2) is 0 Å². The van der Waals surface area contributed by atoms with Gasteiger partial charge < -0.3 is 5.32 Å². The molecule has 0 saturated heterocycles. The molecule has 0 radical (unpaired) electrons. The molecule has 4 heteroatoms. The summed E-state index contributed by atoms with van der Waals surface area (Å²) in [6, 6.07) is 5.95. The first-order chi connectivity index (χ1) is 7.27. The van der Waals surface area contributed by atoms with Crippen molar-refractivity contribution in [1.82, 2.24) is 14.8 Å². The van der Waals surface area contributed by atoms with Crippen molar-refractivity contribution in [2.24, 2.45) is 7.05 Å². The van der Waals surface area contributed by atoms with Crippen molar-refractivity contribution in [3.05, 3.63) is 41.9 Å². The summed E-state index contributed by atoms with van der Waals surface area (Å²) in [5.74, 6) is 1.00. The molecular weight excluding hydrogens is 188 g/mol. The van der Waals surface area contributed by atoms with Crippen LogP contribution in [-0.2, 0) is 13.6 Å². The highest BCUT2D eigenvalue weighted by atomic mass is 15.3. The van der Waals surface area contributed by atoms with E-state index in [2.05, 4.69) is 28.4 Å². The number of pyridine rings is 1. The molecule has 4 nitrogen and oxygen atoms in total. The summed E-state index contributed by atoms with van der Waals surface area (Å²) < 4.78 is 1.80. The highest BCUT2D eigenvalue weighted by Gasteiger charge is 2.00. The molecule has 0 amide bonds. The second-order valence-electron chi connectivity index (χ2n) is 3.46. The van der Waals surface area contributed by atoms with Gasteiger partial charge in [0.25, 0.3) is 0 Å². The molecule has 0 bridgehead atoms. The van der Waals surface area contributed by atoms with Crippen LogP contribution in [0.4, 0.5) is 5.82 Å². The second-order valence-corrected chi connectivity index (χ2v) is 3.46. The van der Waals surface area contributed by atoms with Crippen LogP contribution < -0.4 is 5.32 Å². The topological polar surface area (TPSA) is 42.7 Å². The monoisotopic (exact) mass is 202 g/mol.